The van der Waals surface area contributed by atoms with Gasteiger partial charge in [0.2, 0.25) is 0 Å². The quantitative estimate of drug-likeness (QED) is 0.0263. The van der Waals surface area contributed by atoms with Crippen molar-refractivity contribution in [2.24, 2.45) is 0 Å². The zero-order valence-electron chi connectivity index (χ0n) is 39.7. The van der Waals surface area contributed by atoms with Crippen molar-refractivity contribution in [2.75, 3.05) is 13.2 Å². The lowest BCUT2D eigenvalue weighted by atomic mass is 10.0. The van der Waals surface area contributed by atoms with Gasteiger partial charge in [0, 0.05) is 19.3 Å². The first-order valence-corrected chi connectivity index (χ1v) is 25.6. The molecular weight excluding hydrogens is 745 g/mol. The first-order valence-electron chi connectivity index (χ1n) is 25.6. The van der Waals surface area contributed by atoms with Crippen molar-refractivity contribution in [3.8, 4) is 0 Å². The number of unbranched alkanes of at least 4 members (excludes halogenated alkanes) is 27. The van der Waals surface area contributed by atoms with E-state index in [1.165, 1.54) is 116 Å². The van der Waals surface area contributed by atoms with Crippen molar-refractivity contribution in [3.05, 3.63) is 48.6 Å². The van der Waals surface area contributed by atoms with Crippen molar-refractivity contribution in [2.45, 2.75) is 264 Å². The molecule has 0 aromatic carbocycles. The van der Waals surface area contributed by atoms with Crippen LogP contribution in [0, 0.1) is 0 Å². The van der Waals surface area contributed by atoms with Gasteiger partial charge in [-0.05, 0) is 77.0 Å². The number of allylic oxidation sites excluding steroid dienone is 8. The molecule has 0 radical (unpaired) electrons. The second kappa shape index (κ2) is 49.0. The molecule has 6 heteroatoms. The van der Waals surface area contributed by atoms with Gasteiger partial charge in [0.25, 0.3) is 0 Å². The van der Waals surface area contributed by atoms with Crippen molar-refractivity contribution in [3.63, 3.8) is 0 Å². The van der Waals surface area contributed by atoms with E-state index in [0.717, 1.165) is 103 Å². The third kappa shape index (κ3) is 46.4. The Kier molecular flexibility index (Phi) is 46.9. The zero-order chi connectivity index (χ0) is 43.7. The van der Waals surface area contributed by atoms with E-state index >= 15 is 0 Å². The number of esters is 3. The molecule has 0 spiro atoms. The highest BCUT2D eigenvalue weighted by atomic mass is 16.6. The van der Waals surface area contributed by atoms with Crippen LogP contribution in [0.15, 0.2) is 48.6 Å². The summed E-state index contributed by atoms with van der Waals surface area (Å²) in [7, 11) is 0. The van der Waals surface area contributed by atoms with Gasteiger partial charge in [-0.2, -0.15) is 0 Å². The largest absolute Gasteiger partial charge is 0.462 e. The number of hydrogen-bond donors (Lipinski definition) is 0. The van der Waals surface area contributed by atoms with E-state index in [1.54, 1.807) is 0 Å². The Hall–Kier alpha value is -2.63. The second-order valence-electron chi connectivity index (χ2n) is 17.1. The molecule has 1 atom stereocenters. The maximum Gasteiger partial charge on any atom is 0.306 e. The van der Waals surface area contributed by atoms with Gasteiger partial charge in [-0.3, -0.25) is 14.4 Å². The molecule has 0 rings (SSSR count). The molecule has 0 saturated carbocycles. The van der Waals surface area contributed by atoms with Gasteiger partial charge in [0.15, 0.2) is 6.10 Å². The van der Waals surface area contributed by atoms with Crippen LogP contribution in [0.5, 0.6) is 0 Å². The lowest BCUT2D eigenvalue weighted by Crippen LogP contribution is -2.30. The number of hydrogen-bond acceptors (Lipinski definition) is 6. The molecule has 0 aliphatic heterocycles. The van der Waals surface area contributed by atoms with E-state index < -0.39 is 6.10 Å². The topological polar surface area (TPSA) is 78.9 Å². The van der Waals surface area contributed by atoms with E-state index in [1.807, 2.05) is 0 Å². The Balaban J connectivity index is 4.41. The van der Waals surface area contributed by atoms with Gasteiger partial charge < -0.3 is 14.2 Å². The SMILES string of the molecule is CCCC/C=C\C/C=C\CCCCCCCC(=O)OC(COC(=O)CCCCCCC/C=C\C/C=C\CCCCC)COC(=O)CCCCCCCCCCCCCCC. The minimum Gasteiger partial charge on any atom is -0.462 e. The highest BCUT2D eigenvalue weighted by Gasteiger charge is 2.19. The predicted molar refractivity (Wildman–Crippen MR) is 256 cm³/mol. The number of rotatable bonds is 46. The van der Waals surface area contributed by atoms with Gasteiger partial charge in [-0.1, -0.05) is 211 Å². The highest BCUT2D eigenvalue weighted by Crippen LogP contribution is 2.15. The summed E-state index contributed by atoms with van der Waals surface area (Å²) in [5, 5.41) is 0. The minimum atomic E-state index is -0.782. The summed E-state index contributed by atoms with van der Waals surface area (Å²) in [5.41, 5.74) is 0. The van der Waals surface area contributed by atoms with Gasteiger partial charge in [0.05, 0.1) is 0 Å². The van der Waals surface area contributed by atoms with Crippen LogP contribution in [-0.4, -0.2) is 37.2 Å². The first kappa shape index (κ1) is 57.4. The Bertz CT molecular complexity index is 1060. The summed E-state index contributed by atoms with van der Waals surface area (Å²) in [5.74, 6) is -0.903. The molecule has 0 aliphatic rings. The summed E-state index contributed by atoms with van der Waals surface area (Å²) in [6, 6.07) is 0. The molecule has 60 heavy (non-hydrogen) atoms. The normalized spacial score (nSPS) is 12.4. The zero-order valence-corrected chi connectivity index (χ0v) is 39.7. The molecule has 1 unspecified atom stereocenters. The standard InChI is InChI=1S/C54H96O6/c1-4-7-10-13-16-19-22-25-27-30-32-35-38-41-44-47-53(56)59-50-51(49-58-52(55)46-43-40-37-34-31-28-24-21-18-15-12-9-6-3)60-54(57)48-45-42-39-36-33-29-26-23-20-17-14-11-8-5-2/h14,16-17,19,23,25-27,51H,4-13,15,18,20-22,24,28-50H2,1-3H3/b17-14-,19-16-,26-23-,27-25-. The average Bonchev–Trinajstić information content (AvgIpc) is 3.24. The maximum absolute atomic E-state index is 12.8. The lowest BCUT2D eigenvalue weighted by Gasteiger charge is -2.18. The minimum absolute atomic E-state index is 0.0813. The van der Waals surface area contributed by atoms with Gasteiger partial charge in [0.1, 0.15) is 13.2 Å². The Morgan fingerprint density at radius 3 is 1.00 bits per heavy atom. The van der Waals surface area contributed by atoms with Crippen LogP contribution < -0.4 is 0 Å². The monoisotopic (exact) mass is 841 g/mol. The summed E-state index contributed by atoms with van der Waals surface area (Å²) in [6.45, 7) is 6.56. The van der Waals surface area contributed by atoms with E-state index in [-0.39, 0.29) is 31.1 Å². The Labute approximate surface area is 371 Å². The number of carbonyl (C=O) groups is 3. The smallest absolute Gasteiger partial charge is 0.306 e. The van der Waals surface area contributed by atoms with Crippen LogP contribution in [0.1, 0.15) is 258 Å². The predicted octanol–water partition coefficient (Wildman–Crippen LogP) is 16.7. The molecule has 0 bridgehead atoms. The van der Waals surface area contributed by atoms with Crippen molar-refractivity contribution in [1.82, 2.24) is 0 Å². The molecule has 0 aromatic heterocycles. The van der Waals surface area contributed by atoms with Crippen molar-refractivity contribution >= 4 is 17.9 Å². The third-order valence-corrected chi connectivity index (χ3v) is 11.1. The molecular formula is C54H96O6. The second-order valence-corrected chi connectivity index (χ2v) is 17.1. The highest BCUT2D eigenvalue weighted by molar-refractivity contribution is 5.71. The number of carbonyl (C=O) groups excluding carboxylic acids is 3. The lowest BCUT2D eigenvalue weighted by molar-refractivity contribution is -0.167. The van der Waals surface area contributed by atoms with E-state index in [4.69, 9.17) is 14.2 Å². The molecule has 0 N–H and O–H groups in total. The fraction of sp³-hybridized carbons (Fsp3) is 0.796. The van der Waals surface area contributed by atoms with Crippen LogP contribution in [-0.2, 0) is 28.6 Å². The van der Waals surface area contributed by atoms with Crippen molar-refractivity contribution in [1.29, 1.82) is 0 Å². The van der Waals surface area contributed by atoms with Crippen LogP contribution in [0.25, 0.3) is 0 Å². The van der Waals surface area contributed by atoms with E-state index in [9.17, 15) is 14.4 Å². The third-order valence-electron chi connectivity index (χ3n) is 11.1. The fourth-order valence-electron chi connectivity index (χ4n) is 7.14. The molecule has 0 fully saturated rings. The molecule has 0 aromatic rings. The molecule has 0 amide bonds. The van der Waals surface area contributed by atoms with E-state index in [0.29, 0.717) is 19.3 Å². The van der Waals surface area contributed by atoms with Gasteiger partial charge in [-0.15, -0.1) is 0 Å². The molecule has 348 valence electrons. The molecule has 6 nitrogen and oxygen atoms in total. The Morgan fingerprint density at radius 1 is 0.333 bits per heavy atom. The first-order chi connectivity index (χ1) is 29.5. The summed E-state index contributed by atoms with van der Waals surface area (Å²) in [6.07, 6.45) is 58.0. The molecule has 0 heterocycles. The average molecular weight is 841 g/mol. The maximum atomic E-state index is 12.8. The molecule has 0 saturated heterocycles. The van der Waals surface area contributed by atoms with Crippen LogP contribution in [0.3, 0.4) is 0 Å². The Morgan fingerprint density at radius 2 is 0.617 bits per heavy atom. The van der Waals surface area contributed by atoms with Crippen LogP contribution >= 0.6 is 0 Å². The molecule has 0 aliphatic carbocycles. The van der Waals surface area contributed by atoms with Crippen LogP contribution in [0.4, 0.5) is 0 Å². The van der Waals surface area contributed by atoms with E-state index in [2.05, 4.69) is 69.4 Å². The number of ether oxygens (including phenoxy) is 3. The van der Waals surface area contributed by atoms with Crippen molar-refractivity contribution < 1.29 is 28.6 Å². The summed E-state index contributed by atoms with van der Waals surface area (Å²) >= 11 is 0. The van der Waals surface area contributed by atoms with Gasteiger partial charge >= 0.3 is 17.9 Å². The fourth-order valence-corrected chi connectivity index (χ4v) is 7.14. The van der Waals surface area contributed by atoms with Crippen LogP contribution in [0.2, 0.25) is 0 Å². The van der Waals surface area contributed by atoms with Gasteiger partial charge in [-0.25, -0.2) is 0 Å². The summed E-state index contributed by atoms with van der Waals surface area (Å²) < 4.78 is 16.8. The summed E-state index contributed by atoms with van der Waals surface area (Å²) in [4.78, 5) is 37.9.